The van der Waals surface area contributed by atoms with Crippen LogP contribution in [0.2, 0.25) is 0 Å². The minimum absolute atomic E-state index is 0.0586. The molecule has 0 aliphatic heterocycles. The van der Waals surface area contributed by atoms with E-state index in [-0.39, 0.29) is 17.5 Å². The molecule has 4 aromatic carbocycles. The van der Waals surface area contributed by atoms with Crippen molar-refractivity contribution in [2.24, 2.45) is 0 Å². The van der Waals surface area contributed by atoms with Gasteiger partial charge in [0.25, 0.3) is 5.91 Å². The van der Waals surface area contributed by atoms with Crippen LogP contribution in [-0.2, 0) is 0 Å². The highest BCUT2D eigenvalue weighted by Gasteiger charge is 2.09. The van der Waals surface area contributed by atoms with Crippen LogP contribution in [0.5, 0.6) is 0 Å². The van der Waals surface area contributed by atoms with Gasteiger partial charge in [0.05, 0.1) is 5.75 Å². The van der Waals surface area contributed by atoms with Gasteiger partial charge in [-0.3, -0.25) is 9.59 Å². The van der Waals surface area contributed by atoms with E-state index >= 15 is 0 Å². The first-order valence-electron chi connectivity index (χ1n) is 10.1. The molecule has 0 atom stereocenters. The third-order valence-corrected chi connectivity index (χ3v) is 5.91. The highest BCUT2D eigenvalue weighted by Crippen LogP contribution is 2.23. The number of thioether (sulfide) groups is 1. The van der Waals surface area contributed by atoms with Crippen molar-refractivity contribution in [3.05, 3.63) is 120 Å². The molecule has 0 bridgehead atoms. The molecule has 0 saturated carbocycles. The lowest BCUT2D eigenvalue weighted by molar-refractivity contribution is 0.101. The molecule has 158 valence electrons. The fourth-order valence-corrected chi connectivity index (χ4v) is 3.94. The Kier molecular flexibility index (Phi) is 6.78. The molecule has 32 heavy (non-hydrogen) atoms. The van der Waals surface area contributed by atoms with Crippen LogP contribution in [-0.4, -0.2) is 17.4 Å². The summed E-state index contributed by atoms with van der Waals surface area (Å²) in [5.74, 6) is -0.307. The second-order valence-corrected chi connectivity index (χ2v) is 8.19. The Morgan fingerprint density at radius 2 is 1.28 bits per heavy atom. The summed E-state index contributed by atoms with van der Waals surface area (Å²) in [6.07, 6.45) is 0. The van der Waals surface area contributed by atoms with Crippen LogP contribution >= 0.6 is 11.8 Å². The summed E-state index contributed by atoms with van der Waals surface area (Å²) >= 11 is 1.45. The second-order valence-electron chi connectivity index (χ2n) is 7.14. The number of carbonyl (C=O) groups is 2. The standard InChI is InChI=1S/C27H20FNO2S/c28-23-12-10-22(11-13-23)27(31)29-24-14-16-25(17-15-24)32-18-26(30)21-8-6-20(7-9-21)19-4-2-1-3-5-19/h1-17H,18H2,(H,29,31). The monoisotopic (exact) mass is 441 g/mol. The molecule has 0 radical (unpaired) electrons. The van der Waals surface area contributed by atoms with Crippen molar-refractivity contribution >= 4 is 29.1 Å². The molecule has 1 N–H and O–H groups in total. The number of halogens is 1. The van der Waals surface area contributed by atoms with Crippen molar-refractivity contribution in [2.45, 2.75) is 4.90 Å². The van der Waals surface area contributed by atoms with E-state index in [9.17, 15) is 14.0 Å². The highest BCUT2D eigenvalue weighted by atomic mass is 32.2. The van der Waals surface area contributed by atoms with Crippen molar-refractivity contribution in [1.82, 2.24) is 0 Å². The van der Waals surface area contributed by atoms with Gasteiger partial charge in [-0.1, -0.05) is 54.6 Å². The molecule has 3 nitrogen and oxygen atoms in total. The predicted molar refractivity (Wildman–Crippen MR) is 128 cm³/mol. The van der Waals surface area contributed by atoms with Crippen molar-refractivity contribution in [3.8, 4) is 11.1 Å². The van der Waals surface area contributed by atoms with Crippen molar-refractivity contribution < 1.29 is 14.0 Å². The van der Waals surface area contributed by atoms with Gasteiger partial charge in [0.1, 0.15) is 5.82 Å². The maximum atomic E-state index is 13.0. The third-order valence-electron chi connectivity index (χ3n) is 4.90. The fourth-order valence-electron chi connectivity index (χ4n) is 3.15. The number of nitrogens with one attached hydrogen (secondary N) is 1. The summed E-state index contributed by atoms with van der Waals surface area (Å²) in [7, 11) is 0. The zero-order valence-electron chi connectivity index (χ0n) is 17.1. The van der Waals surface area contributed by atoms with Crippen molar-refractivity contribution in [1.29, 1.82) is 0 Å². The first-order valence-corrected chi connectivity index (χ1v) is 11.1. The molecule has 0 aliphatic carbocycles. The summed E-state index contributed by atoms with van der Waals surface area (Å²) < 4.78 is 13.0. The van der Waals surface area contributed by atoms with Crippen LogP contribution in [0.25, 0.3) is 11.1 Å². The number of hydrogen-bond donors (Lipinski definition) is 1. The Bertz CT molecular complexity index is 1210. The van der Waals surface area contributed by atoms with E-state index in [2.05, 4.69) is 5.32 Å². The van der Waals surface area contributed by atoms with E-state index in [0.29, 0.717) is 22.6 Å². The smallest absolute Gasteiger partial charge is 0.255 e. The Hall–Kier alpha value is -3.70. The number of amides is 1. The lowest BCUT2D eigenvalue weighted by Gasteiger charge is -2.07. The number of ketones is 1. The molecule has 0 aromatic heterocycles. The molecule has 0 spiro atoms. The van der Waals surface area contributed by atoms with E-state index in [0.717, 1.165) is 16.0 Å². The van der Waals surface area contributed by atoms with Crippen LogP contribution in [0.1, 0.15) is 20.7 Å². The van der Waals surface area contributed by atoms with Gasteiger partial charge in [0, 0.05) is 21.7 Å². The molecule has 0 fully saturated rings. The summed E-state index contributed by atoms with van der Waals surface area (Å²) in [6.45, 7) is 0. The number of rotatable bonds is 7. The van der Waals surface area contributed by atoms with E-state index in [1.165, 1.54) is 36.0 Å². The van der Waals surface area contributed by atoms with Crippen molar-refractivity contribution in [3.63, 3.8) is 0 Å². The van der Waals surface area contributed by atoms with Crippen molar-refractivity contribution in [2.75, 3.05) is 11.1 Å². The topological polar surface area (TPSA) is 46.2 Å². The minimum atomic E-state index is -0.385. The second kappa shape index (κ2) is 10.1. The molecule has 1 amide bonds. The van der Waals surface area contributed by atoms with Crippen LogP contribution in [0.4, 0.5) is 10.1 Å². The Balaban J connectivity index is 1.31. The molecule has 0 saturated heterocycles. The summed E-state index contributed by atoms with van der Waals surface area (Å²) in [5, 5.41) is 2.78. The van der Waals surface area contributed by atoms with Crippen LogP contribution < -0.4 is 5.32 Å². The lowest BCUT2D eigenvalue weighted by atomic mass is 10.0. The number of hydrogen-bond acceptors (Lipinski definition) is 3. The molecule has 0 unspecified atom stereocenters. The van der Waals surface area contributed by atoms with Gasteiger partial charge in [-0.05, 0) is 59.7 Å². The van der Waals surface area contributed by atoms with E-state index < -0.39 is 0 Å². The summed E-state index contributed by atoms with van der Waals surface area (Å²) in [5.41, 5.74) is 3.89. The lowest BCUT2D eigenvalue weighted by Crippen LogP contribution is -2.11. The maximum absolute atomic E-state index is 13.0. The molecular weight excluding hydrogens is 421 g/mol. The van der Waals surface area contributed by atoms with E-state index in [1.54, 1.807) is 12.1 Å². The van der Waals surface area contributed by atoms with Crippen LogP contribution in [0.15, 0.2) is 108 Å². The molecular formula is C27H20FNO2S. The largest absolute Gasteiger partial charge is 0.322 e. The summed E-state index contributed by atoms with van der Waals surface area (Å²) in [6, 6.07) is 30.3. The van der Waals surface area contributed by atoms with Crippen LogP contribution in [0.3, 0.4) is 0 Å². The van der Waals surface area contributed by atoms with Gasteiger partial charge < -0.3 is 5.32 Å². The molecule has 4 rings (SSSR count). The van der Waals surface area contributed by atoms with E-state index in [4.69, 9.17) is 0 Å². The van der Waals surface area contributed by atoms with Gasteiger partial charge in [0.15, 0.2) is 5.78 Å². The third kappa shape index (κ3) is 5.50. The number of anilines is 1. The molecule has 0 heterocycles. The number of Topliss-reactive ketones (excluding diaryl/α,β-unsaturated/α-hetero) is 1. The predicted octanol–water partition coefficient (Wildman–Crippen LogP) is 6.72. The van der Waals surface area contributed by atoms with Gasteiger partial charge in [0.2, 0.25) is 0 Å². The summed E-state index contributed by atoms with van der Waals surface area (Å²) in [4.78, 5) is 25.7. The normalized spacial score (nSPS) is 10.5. The fraction of sp³-hybridized carbons (Fsp3) is 0.0370. The first-order chi connectivity index (χ1) is 15.6. The van der Waals surface area contributed by atoms with Gasteiger partial charge in [-0.25, -0.2) is 4.39 Å². The molecule has 0 aliphatic rings. The quantitative estimate of drug-likeness (QED) is 0.256. The number of carbonyl (C=O) groups excluding carboxylic acids is 2. The average molecular weight is 442 g/mol. The molecule has 4 aromatic rings. The van der Waals surface area contributed by atoms with Gasteiger partial charge in [-0.15, -0.1) is 11.8 Å². The minimum Gasteiger partial charge on any atom is -0.322 e. The van der Waals surface area contributed by atoms with Gasteiger partial charge >= 0.3 is 0 Å². The SMILES string of the molecule is O=C(CSc1ccc(NC(=O)c2ccc(F)cc2)cc1)c1ccc(-c2ccccc2)cc1. The zero-order valence-corrected chi connectivity index (χ0v) is 17.9. The molecule has 5 heteroatoms. The average Bonchev–Trinajstić information content (AvgIpc) is 2.84. The zero-order chi connectivity index (χ0) is 22.3. The Morgan fingerprint density at radius 3 is 1.94 bits per heavy atom. The number of benzene rings is 4. The Morgan fingerprint density at radius 1 is 0.688 bits per heavy atom. The van der Waals surface area contributed by atoms with Crippen LogP contribution in [0, 0.1) is 5.82 Å². The highest BCUT2D eigenvalue weighted by molar-refractivity contribution is 8.00. The maximum Gasteiger partial charge on any atom is 0.255 e. The first kappa shape index (κ1) is 21.5. The van der Waals surface area contributed by atoms with Gasteiger partial charge in [-0.2, -0.15) is 0 Å². The van der Waals surface area contributed by atoms with E-state index in [1.807, 2.05) is 66.7 Å². The Labute approximate surface area is 190 Å².